The van der Waals surface area contributed by atoms with Crippen molar-refractivity contribution < 1.29 is 13.9 Å². The van der Waals surface area contributed by atoms with Gasteiger partial charge in [0.25, 0.3) is 0 Å². The van der Waals surface area contributed by atoms with Crippen LogP contribution in [0.3, 0.4) is 0 Å². The number of methoxy groups -OCH3 is 1. The number of ether oxygens (including phenoxy) is 1. The van der Waals surface area contributed by atoms with Crippen LogP contribution in [0.15, 0.2) is 18.2 Å². The van der Waals surface area contributed by atoms with Gasteiger partial charge in [0, 0.05) is 31.6 Å². The molecule has 5 heteroatoms. The lowest BCUT2D eigenvalue weighted by Crippen LogP contribution is -2.40. The second kappa shape index (κ2) is 6.89. The Balaban J connectivity index is 1.94. The largest absolute Gasteiger partial charge is 0.494 e. The number of carbonyl (C=O) groups is 1. The summed E-state index contributed by atoms with van der Waals surface area (Å²) in [6.45, 7) is 5.64. The van der Waals surface area contributed by atoms with Crippen molar-refractivity contribution in [1.29, 1.82) is 0 Å². The average Bonchev–Trinajstić information content (AvgIpc) is 2.84. The number of amides is 1. The van der Waals surface area contributed by atoms with Crippen molar-refractivity contribution in [3.8, 4) is 5.75 Å². The van der Waals surface area contributed by atoms with Crippen LogP contribution in [0.1, 0.15) is 38.3 Å². The molecule has 1 amide bonds. The molecule has 2 rings (SSSR count). The molecule has 0 bridgehead atoms. The molecule has 116 valence electrons. The number of hydrogen-bond donors (Lipinski definition) is 1. The highest BCUT2D eigenvalue weighted by Crippen LogP contribution is 2.23. The van der Waals surface area contributed by atoms with Gasteiger partial charge in [0.1, 0.15) is 0 Å². The summed E-state index contributed by atoms with van der Waals surface area (Å²) in [7, 11) is 1.46. The SMILES string of the molecule is COc1cc(C(C)NC(C)CN2CCCC2=O)ccc1F. The quantitative estimate of drug-likeness (QED) is 0.876. The third-order valence-corrected chi connectivity index (χ3v) is 3.88. The molecule has 0 aliphatic carbocycles. The maximum atomic E-state index is 13.4. The van der Waals surface area contributed by atoms with E-state index >= 15 is 0 Å². The van der Waals surface area contributed by atoms with Gasteiger partial charge in [0.2, 0.25) is 5.91 Å². The molecular weight excluding hydrogens is 271 g/mol. The molecule has 1 aliphatic rings. The van der Waals surface area contributed by atoms with Gasteiger partial charge >= 0.3 is 0 Å². The zero-order chi connectivity index (χ0) is 15.4. The summed E-state index contributed by atoms with van der Waals surface area (Å²) in [5.41, 5.74) is 0.966. The van der Waals surface area contributed by atoms with Crippen molar-refractivity contribution in [2.45, 2.75) is 38.8 Å². The molecule has 1 heterocycles. The predicted octanol–water partition coefficient (Wildman–Crippen LogP) is 2.50. The summed E-state index contributed by atoms with van der Waals surface area (Å²) >= 11 is 0. The maximum Gasteiger partial charge on any atom is 0.222 e. The summed E-state index contributed by atoms with van der Waals surface area (Å²) < 4.78 is 18.4. The smallest absolute Gasteiger partial charge is 0.222 e. The molecule has 0 aromatic heterocycles. The van der Waals surface area contributed by atoms with Gasteiger partial charge in [-0.2, -0.15) is 0 Å². The fourth-order valence-corrected chi connectivity index (χ4v) is 2.75. The van der Waals surface area contributed by atoms with Gasteiger partial charge in [0.15, 0.2) is 11.6 Å². The maximum absolute atomic E-state index is 13.4. The Hall–Kier alpha value is -1.62. The van der Waals surface area contributed by atoms with E-state index in [1.165, 1.54) is 13.2 Å². The molecule has 1 fully saturated rings. The van der Waals surface area contributed by atoms with Crippen LogP contribution in [0.4, 0.5) is 4.39 Å². The molecule has 1 saturated heterocycles. The lowest BCUT2D eigenvalue weighted by atomic mass is 10.1. The van der Waals surface area contributed by atoms with Gasteiger partial charge in [-0.15, -0.1) is 0 Å². The first kappa shape index (κ1) is 15.8. The summed E-state index contributed by atoms with van der Waals surface area (Å²) in [5, 5.41) is 3.44. The van der Waals surface area contributed by atoms with E-state index in [-0.39, 0.29) is 29.6 Å². The first-order valence-electron chi connectivity index (χ1n) is 7.38. The van der Waals surface area contributed by atoms with Crippen LogP contribution in [0, 0.1) is 5.82 Å². The molecule has 21 heavy (non-hydrogen) atoms. The molecule has 1 aromatic rings. The molecule has 2 unspecified atom stereocenters. The number of benzene rings is 1. The first-order valence-corrected chi connectivity index (χ1v) is 7.38. The van der Waals surface area contributed by atoms with Crippen LogP contribution in [-0.2, 0) is 4.79 Å². The van der Waals surface area contributed by atoms with E-state index in [0.717, 1.165) is 18.5 Å². The summed E-state index contributed by atoms with van der Waals surface area (Å²) in [6.07, 6.45) is 1.62. The van der Waals surface area contributed by atoms with E-state index in [9.17, 15) is 9.18 Å². The second-order valence-electron chi connectivity index (χ2n) is 5.63. The molecule has 1 aromatic carbocycles. The van der Waals surface area contributed by atoms with Gasteiger partial charge in [-0.3, -0.25) is 4.79 Å². The molecule has 2 atom stereocenters. The van der Waals surface area contributed by atoms with E-state index in [1.54, 1.807) is 12.1 Å². The Kier molecular flexibility index (Phi) is 5.17. The van der Waals surface area contributed by atoms with Gasteiger partial charge in [-0.1, -0.05) is 6.07 Å². The zero-order valence-corrected chi connectivity index (χ0v) is 12.9. The van der Waals surface area contributed by atoms with Crippen molar-refractivity contribution in [3.63, 3.8) is 0 Å². The fourth-order valence-electron chi connectivity index (χ4n) is 2.75. The number of nitrogens with zero attached hydrogens (tertiary/aromatic N) is 1. The van der Waals surface area contributed by atoms with E-state index in [1.807, 2.05) is 11.8 Å². The molecular formula is C16H23FN2O2. The summed E-state index contributed by atoms with van der Waals surface area (Å²) in [6, 6.07) is 5.12. The topological polar surface area (TPSA) is 41.6 Å². The van der Waals surface area contributed by atoms with Gasteiger partial charge < -0.3 is 15.0 Å². The van der Waals surface area contributed by atoms with Crippen molar-refractivity contribution in [1.82, 2.24) is 10.2 Å². The standard InChI is InChI=1S/C16H23FN2O2/c1-11(10-19-8-4-5-16(19)20)18-12(2)13-6-7-14(17)15(9-13)21-3/h6-7,9,11-12,18H,4-5,8,10H2,1-3H3. The summed E-state index contributed by atoms with van der Waals surface area (Å²) in [4.78, 5) is 13.5. The third-order valence-electron chi connectivity index (χ3n) is 3.88. The number of nitrogens with one attached hydrogen (secondary N) is 1. The average molecular weight is 294 g/mol. The molecule has 0 saturated carbocycles. The Morgan fingerprint density at radius 1 is 1.43 bits per heavy atom. The normalized spacial score (nSPS) is 17.9. The highest BCUT2D eigenvalue weighted by Gasteiger charge is 2.22. The third kappa shape index (κ3) is 3.94. The highest BCUT2D eigenvalue weighted by molar-refractivity contribution is 5.78. The molecule has 1 aliphatic heterocycles. The molecule has 0 spiro atoms. The first-order chi connectivity index (χ1) is 10.0. The van der Waals surface area contributed by atoms with Crippen LogP contribution in [0.25, 0.3) is 0 Å². The fraction of sp³-hybridized carbons (Fsp3) is 0.562. The van der Waals surface area contributed by atoms with Crippen LogP contribution in [0.5, 0.6) is 5.75 Å². The van der Waals surface area contributed by atoms with Crippen molar-refractivity contribution in [2.24, 2.45) is 0 Å². The second-order valence-corrected chi connectivity index (χ2v) is 5.63. The van der Waals surface area contributed by atoms with Crippen LogP contribution in [-0.4, -0.2) is 37.0 Å². The zero-order valence-electron chi connectivity index (χ0n) is 12.9. The Labute approximate surface area is 125 Å². The van der Waals surface area contributed by atoms with Gasteiger partial charge in [-0.05, 0) is 38.0 Å². The van der Waals surface area contributed by atoms with Crippen molar-refractivity contribution in [3.05, 3.63) is 29.6 Å². The van der Waals surface area contributed by atoms with E-state index in [2.05, 4.69) is 12.2 Å². The Morgan fingerprint density at radius 3 is 2.81 bits per heavy atom. The minimum absolute atomic E-state index is 0.0622. The summed E-state index contributed by atoms with van der Waals surface area (Å²) in [5.74, 6) is 0.132. The predicted molar refractivity (Wildman–Crippen MR) is 79.8 cm³/mol. The van der Waals surface area contributed by atoms with Crippen LogP contribution >= 0.6 is 0 Å². The minimum Gasteiger partial charge on any atom is -0.494 e. The van der Waals surface area contributed by atoms with Crippen molar-refractivity contribution >= 4 is 5.91 Å². The minimum atomic E-state index is -0.357. The number of halogens is 1. The van der Waals surface area contributed by atoms with Crippen molar-refractivity contribution in [2.75, 3.05) is 20.2 Å². The Morgan fingerprint density at radius 2 is 2.19 bits per heavy atom. The van der Waals surface area contributed by atoms with Crippen LogP contribution < -0.4 is 10.1 Å². The number of hydrogen-bond acceptors (Lipinski definition) is 3. The van der Waals surface area contributed by atoms with Gasteiger partial charge in [0.05, 0.1) is 7.11 Å². The van der Waals surface area contributed by atoms with Crippen LogP contribution in [0.2, 0.25) is 0 Å². The number of rotatable bonds is 6. The monoisotopic (exact) mass is 294 g/mol. The Bertz CT molecular complexity index is 507. The molecule has 0 radical (unpaired) electrons. The number of carbonyl (C=O) groups excluding carboxylic acids is 1. The van der Waals surface area contributed by atoms with E-state index in [0.29, 0.717) is 13.0 Å². The molecule has 1 N–H and O–H groups in total. The lowest BCUT2D eigenvalue weighted by Gasteiger charge is -2.25. The highest BCUT2D eigenvalue weighted by atomic mass is 19.1. The van der Waals surface area contributed by atoms with Gasteiger partial charge in [-0.25, -0.2) is 4.39 Å². The van der Waals surface area contributed by atoms with E-state index in [4.69, 9.17) is 4.74 Å². The lowest BCUT2D eigenvalue weighted by molar-refractivity contribution is -0.127. The molecule has 4 nitrogen and oxygen atoms in total. The number of likely N-dealkylation sites (tertiary alicyclic amines) is 1. The van der Waals surface area contributed by atoms with E-state index < -0.39 is 0 Å².